The van der Waals surface area contributed by atoms with Crippen molar-refractivity contribution in [2.24, 2.45) is 0 Å². The molecule has 3 N–H and O–H groups in total. The van der Waals surface area contributed by atoms with Crippen LogP contribution in [0.25, 0.3) is 0 Å². The van der Waals surface area contributed by atoms with Gasteiger partial charge in [0.15, 0.2) is 12.1 Å². The van der Waals surface area contributed by atoms with Crippen molar-refractivity contribution in [1.82, 2.24) is 5.32 Å². The quantitative estimate of drug-likeness (QED) is 0.511. The van der Waals surface area contributed by atoms with Crippen molar-refractivity contribution in [2.75, 3.05) is 6.54 Å². The highest BCUT2D eigenvalue weighted by atomic mass is 16.7. The number of hydrogen-bond acceptors (Lipinski definition) is 5. The van der Waals surface area contributed by atoms with Crippen LogP contribution in [0, 0.1) is 0 Å². The molecule has 0 amide bonds. The summed E-state index contributed by atoms with van der Waals surface area (Å²) in [7, 11) is 0. The third-order valence-corrected chi connectivity index (χ3v) is 2.54. The van der Waals surface area contributed by atoms with E-state index in [9.17, 15) is 10.2 Å². The van der Waals surface area contributed by atoms with Crippen LogP contribution in [0.1, 0.15) is 20.3 Å². The predicted molar refractivity (Wildman–Crippen MR) is 48.5 cm³/mol. The van der Waals surface area contributed by atoms with Gasteiger partial charge in [0.25, 0.3) is 0 Å². The minimum atomic E-state index is -1.19. The van der Waals surface area contributed by atoms with Crippen LogP contribution in [-0.2, 0) is 9.47 Å². The summed E-state index contributed by atoms with van der Waals surface area (Å²) in [5, 5.41) is 22.1. The Balaban J connectivity index is 1.90. The molecule has 4 atom stereocenters. The van der Waals surface area contributed by atoms with E-state index >= 15 is 0 Å². The van der Waals surface area contributed by atoms with Crippen molar-refractivity contribution < 1.29 is 19.7 Å². The largest absolute Gasteiger partial charge is 0.389 e. The molecule has 0 aromatic carbocycles. The second kappa shape index (κ2) is 3.43. The van der Waals surface area contributed by atoms with Crippen molar-refractivity contribution in [2.45, 2.75) is 50.6 Å². The van der Waals surface area contributed by atoms with E-state index in [4.69, 9.17) is 9.47 Å². The van der Waals surface area contributed by atoms with Crippen LogP contribution in [0.3, 0.4) is 0 Å². The highest BCUT2D eigenvalue weighted by Crippen LogP contribution is 2.29. The molecule has 0 aliphatic carbocycles. The predicted octanol–water partition coefficient (Wildman–Crippen LogP) is -0.821. The van der Waals surface area contributed by atoms with Crippen LogP contribution in [-0.4, -0.2) is 47.1 Å². The first-order valence-electron chi connectivity index (χ1n) is 4.93. The Morgan fingerprint density at radius 1 is 1.50 bits per heavy atom. The lowest BCUT2D eigenvalue weighted by atomic mass is 10.1. The van der Waals surface area contributed by atoms with E-state index in [0.717, 1.165) is 0 Å². The molecule has 2 saturated heterocycles. The zero-order valence-electron chi connectivity index (χ0n) is 8.43. The van der Waals surface area contributed by atoms with E-state index in [-0.39, 0.29) is 12.1 Å². The third kappa shape index (κ3) is 2.07. The Kier molecular flexibility index (Phi) is 2.53. The van der Waals surface area contributed by atoms with Gasteiger partial charge in [-0.2, -0.15) is 0 Å². The Labute approximate surface area is 83.0 Å². The average Bonchev–Trinajstić information content (AvgIpc) is 2.51. The van der Waals surface area contributed by atoms with Gasteiger partial charge < -0.3 is 25.0 Å². The zero-order chi connectivity index (χ0) is 10.3. The van der Waals surface area contributed by atoms with Crippen molar-refractivity contribution in [3.8, 4) is 0 Å². The first kappa shape index (κ1) is 10.3. The first-order valence-corrected chi connectivity index (χ1v) is 4.93. The molecule has 1 unspecified atom stereocenters. The molecule has 14 heavy (non-hydrogen) atoms. The van der Waals surface area contributed by atoms with Crippen LogP contribution < -0.4 is 5.32 Å². The number of fused-ring (bicyclic) bond motifs is 1. The lowest BCUT2D eigenvalue weighted by Crippen LogP contribution is -2.32. The molecule has 2 fully saturated rings. The van der Waals surface area contributed by atoms with E-state index in [2.05, 4.69) is 5.32 Å². The first-order chi connectivity index (χ1) is 6.46. The molecule has 2 aliphatic heterocycles. The van der Waals surface area contributed by atoms with Gasteiger partial charge in [0, 0.05) is 19.0 Å². The second-order valence-corrected chi connectivity index (χ2v) is 4.41. The number of aliphatic hydroxyl groups excluding tert-OH is 1. The number of β-amino-alcohol motifs (C(OH)–C–C–N with tert-alkyl or cyclic N) is 1. The lowest BCUT2D eigenvalue weighted by molar-refractivity contribution is -0.272. The molecule has 0 saturated carbocycles. The molecule has 0 aromatic heterocycles. The van der Waals surface area contributed by atoms with Crippen LogP contribution in [0.2, 0.25) is 0 Å². The minimum Gasteiger partial charge on any atom is -0.389 e. The summed E-state index contributed by atoms with van der Waals surface area (Å²) in [6.45, 7) is 3.70. The molecule has 2 rings (SSSR count). The smallest absolute Gasteiger partial charge is 0.163 e. The molecule has 2 heterocycles. The second-order valence-electron chi connectivity index (χ2n) is 4.41. The van der Waals surface area contributed by atoms with Gasteiger partial charge in [0.2, 0.25) is 0 Å². The molecule has 5 nitrogen and oxygen atoms in total. The Bertz CT molecular complexity index is 215. The molecule has 0 bridgehead atoms. The summed E-state index contributed by atoms with van der Waals surface area (Å²) < 4.78 is 10.7. The van der Waals surface area contributed by atoms with Crippen LogP contribution in [0.5, 0.6) is 0 Å². The van der Waals surface area contributed by atoms with E-state index in [0.29, 0.717) is 13.0 Å². The van der Waals surface area contributed by atoms with E-state index in [1.165, 1.54) is 0 Å². The maximum Gasteiger partial charge on any atom is 0.163 e. The fourth-order valence-corrected chi connectivity index (χ4v) is 2.01. The summed E-state index contributed by atoms with van der Waals surface area (Å²) in [4.78, 5) is 0. The summed E-state index contributed by atoms with van der Waals surface area (Å²) >= 11 is 0. The van der Waals surface area contributed by atoms with Gasteiger partial charge in [0.05, 0.1) is 6.10 Å². The van der Waals surface area contributed by atoms with Gasteiger partial charge in [0.1, 0.15) is 6.10 Å². The summed E-state index contributed by atoms with van der Waals surface area (Å²) in [5.41, 5.74) is 0. The van der Waals surface area contributed by atoms with Crippen molar-refractivity contribution in [1.29, 1.82) is 0 Å². The molecule has 0 radical (unpaired) electrons. The Morgan fingerprint density at radius 2 is 2.21 bits per heavy atom. The molecular weight excluding hydrogens is 186 g/mol. The topological polar surface area (TPSA) is 71.0 Å². The lowest BCUT2D eigenvalue weighted by Gasteiger charge is -2.23. The molecule has 2 aliphatic rings. The Hall–Kier alpha value is -0.200. The number of aliphatic hydroxyl groups is 2. The van der Waals surface area contributed by atoms with Gasteiger partial charge in [-0.15, -0.1) is 0 Å². The third-order valence-electron chi connectivity index (χ3n) is 2.54. The van der Waals surface area contributed by atoms with Gasteiger partial charge in [-0.1, -0.05) is 0 Å². The van der Waals surface area contributed by atoms with Gasteiger partial charge >= 0.3 is 0 Å². The summed E-state index contributed by atoms with van der Waals surface area (Å²) in [6.07, 6.45) is -0.406. The standard InChI is InChI=1S/C9H17NO4/c1-9(2,12)14-7-3-5-8(13-7)6(11)4-10-5/h5-8,10-12H,3-4H2,1-2H3/t5-,6-,7?,8+/m1/s1. The number of hydrogen-bond donors (Lipinski definition) is 3. The van der Waals surface area contributed by atoms with Crippen LogP contribution in [0.15, 0.2) is 0 Å². The molecule has 82 valence electrons. The summed E-state index contributed by atoms with van der Waals surface area (Å²) in [5.74, 6) is -1.19. The zero-order valence-corrected chi connectivity index (χ0v) is 8.43. The monoisotopic (exact) mass is 203 g/mol. The minimum absolute atomic E-state index is 0.150. The van der Waals surface area contributed by atoms with E-state index in [1.807, 2.05) is 0 Å². The van der Waals surface area contributed by atoms with Gasteiger partial charge in [-0.25, -0.2) is 0 Å². The fraction of sp³-hybridized carbons (Fsp3) is 1.00. The maximum absolute atomic E-state index is 9.51. The molecule has 0 spiro atoms. The van der Waals surface area contributed by atoms with Gasteiger partial charge in [-0.05, 0) is 13.8 Å². The van der Waals surface area contributed by atoms with Crippen LogP contribution >= 0.6 is 0 Å². The van der Waals surface area contributed by atoms with E-state index < -0.39 is 18.2 Å². The fourth-order valence-electron chi connectivity index (χ4n) is 2.01. The highest BCUT2D eigenvalue weighted by Gasteiger charge is 2.45. The number of ether oxygens (including phenoxy) is 2. The van der Waals surface area contributed by atoms with Crippen molar-refractivity contribution in [3.05, 3.63) is 0 Å². The maximum atomic E-state index is 9.51. The highest BCUT2D eigenvalue weighted by molar-refractivity contribution is 4.96. The van der Waals surface area contributed by atoms with Gasteiger partial charge in [-0.3, -0.25) is 0 Å². The number of nitrogens with one attached hydrogen (secondary N) is 1. The number of rotatable bonds is 2. The molecule has 0 aromatic rings. The van der Waals surface area contributed by atoms with Crippen LogP contribution in [0.4, 0.5) is 0 Å². The molecule has 5 heteroatoms. The van der Waals surface area contributed by atoms with Crippen molar-refractivity contribution >= 4 is 0 Å². The molecular formula is C9H17NO4. The van der Waals surface area contributed by atoms with E-state index in [1.54, 1.807) is 13.8 Å². The summed E-state index contributed by atoms with van der Waals surface area (Å²) in [6, 6.07) is 0.150. The SMILES string of the molecule is CC(C)(O)OC1C[C@H]2NC[C@@H](O)[C@H]2O1. The average molecular weight is 203 g/mol. The Morgan fingerprint density at radius 3 is 2.79 bits per heavy atom. The normalized spacial score (nSPS) is 42.9. The van der Waals surface area contributed by atoms with Crippen molar-refractivity contribution in [3.63, 3.8) is 0 Å².